The summed E-state index contributed by atoms with van der Waals surface area (Å²) < 4.78 is 37.5. The predicted octanol–water partition coefficient (Wildman–Crippen LogP) is 2.56. The highest BCUT2D eigenvalue weighted by atomic mass is 32.2. The molecular weight excluding hydrogens is 392 g/mol. The Morgan fingerprint density at radius 3 is 2.45 bits per heavy atom. The first-order valence-electron chi connectivity index (χ1n) is 9.77. The zero-order valence-electron chi connectivity index (χ0n) is 16.1. The lowest BCUT2D eigenvalue weighted by molar-refractivity contribution is 0.0990. The number of nitrogens with zero attached hydrogens (tertiary/aromatic N) is 1. The number of nitrogens with one attached hydrogen (secondary N) is 1. The van der Waals surface area contributed by atoms with E-state index < -0.39 is 10.0 Å². The van der Waals surface area contributed by atoms with Crippen molar-refractivity contribution in [3.8, 4) is 11.5 Å². The number of benzene rings is 2. The molecular formula is C21H24N2O5S. The Bertz CT molecular complexity index is 983. The molecule has 8 heteroatoms. The van der Waals surface area contributed by atoms with Gasteiger partial charge in [-0.2, -0.15) is 4.31 Å². The van der Waals surface area contributed by atoms with Crippen molar-refractivity contribution in [2.45, 2.75) is 30.7 Å². The maximum Gasteiger partial charge on any atom is 0.243 e. The lowest BCUT2D eigenvalue weighted by Crippen LogP contribution is -2.35. The van der Waals surface area contributed by atoms with Crippen molar-refractivity contribution in [1.29, 1.82) is 0 Å². The minimum absolute atomic E-state index is 0.0901. The monoisotopic (exact) mass is 416 g/mol. The van der Waals surface area contributed by atoms with Crippen molar-refractivity contribution in [2.75, 3.05) is 26.4 Å². The number of fused-ring (bicyclic) bond motifs is 1. The van der Waals surface area contributed by atoms with Crippen molar-refractivity contribution in [1.82, 2.24) is 9.62 Å². The highest BCUT2D eigenvalue weighted by Crippen LogP contribution is 2.32. The van der Waals surface area contributed by atoms with Gasteiger partial charge in [-0.05, 0) is 42.7 Å². The van der Waals surface area contributed by atoms with Crippen LogP contribution in [0.3, 0.4) is 0 Å². The largest absolute Gasteiger partial charge is 0.454 e. The molecule has 29 heavy (non-hydrogen) atoms. The summed E-state index contributed by atoms with van der Waals surface area (Å²) in [7, 11) is -3.48. The number of hydrogen-bond donors (Lipinski definition) is 1. The third-order valence-electron chi connectivity index (χ3n) is 5.18. The van der Waals surface area contributed by atoms with Crippen LogP contribution in [0, 0.1) is 0 Å². The molecule has 1 fully saturated rings. The minimum Gasteiger partial charge on any atom is -0.454 e. The molecule has 0 saturated carbocycles. The van der Waals surface area contributed by atoms with E-state index in [1.54, 1.807) is 12.1 Å². The van der Waals surface area contributed by atoms with Gasteiger partial charge in [0.25, 0.3) is 0 Å². The third kappa shape index (κ3) is 4.44. The molecule has 2 heterocycles. The van der Waals surface area contributed by atoms with Crippen molar-refractivity contribution < 1.29 is 22.7 Å². The second-order valence-electron chi connectivity index (χ2n) is 7.20. The number of ether oxygens (including phenoxy) is 2. The summed E-state index contributed by atoms with van der Waals surface area (Å²) in [6.07, 6.45) is 2.86. The lowest BCUT2D eigenvalue weighted by Gasteiger charge is -2.25. The van der Waals surface area contributed by atoms with Gasteiger partial charge < -0.3 is 14.8 Å². The topological polar surface area (TPSA) is 84.9 Å². The minimum atomic E-state index is -3.48. The van der Waals surface area contributed by atoms with E-state index in [0.29, 0.717) is 30.9 Å². The van der Waals surface area contributed by atoms with E-state index in [4.69, 9.17) is 9.47 Å². The van der Waals surface area contributed by atoms with Gasteiger partial charge in [-0.15, -0.1) is 0 Å². The summed E-state index contributed by atoms with van der Waals surface area (Å²) in [6.45, 7) is 2.03. The second-order valence-corrected chi connectivity index (χ2v) is 9.14. The number of piperidine rings is 1. The molecule has 2 aromatic rings. The molecule has 0 bridgehead atoms. The average Bonchev–Trinajstić information content (AvgIpc) is 3.22. The Balaban J connectivity index is 1.33. The normalized spacial score (nSPS) is 16.7. The van der Waals surface area contributed by atoms with Crippen LogP contribution in [0.25, 0.3) is 0 Å². The average molecular weight is 416 g/mol. The molecule has 0 radical (unpaired) electrons. The fourth-order valence-corrected chi connectivity index (χ4v) is 5.06. The van der Waals surface area contributed by atoms with Crippen LogP contribution in [0.5, 0.6) is 11.5 Å². The SMILES string of the molecule is O=C(CNCc1ccc2c(c1)OCO2)c1ccc(S(=O)(=O)N2CCCCC2)cc1. The maximum absolute atomic E-state index is 12.7. The van der Waals surface area contributed by atoms with E-state index in [0.717, 1.165) is 30.6 Å². The van der Waals surface area contributed by atoms with Crippen LogP contribution in [0.1, 0.15) is 35.2 Å². The van der Waals surface area contributed by atoms with E-state index in [-0.39, 0.29) is 24.0 Å². The quantitative estimate of drug-likeness (QED) is 0.699. The molecule has 1 N–H and O–H groups in total. The highest BCUT2D eigenvalue weighted by molar-refractivity contribution is 7.89. The second kappa shape index (κ2) is 8.52. The summed E-state index contributed by atoms with van der Waals surface area (Å²) in [6, 6.07) is 11.9. The lowest BCUT2D eigenvalue weighted by atomic mass is 10.1. The zero-order chi connectivity index (χ0) is 20.3. The Kier molecular flexibility index (Phi) is 5.84. The Morgan fingerprint density at radius 1 is 0.966 bits per heavy atom. The van der Waals surface area contributed by atoms with Crippen molar-refractivity contribution in [2.24, 2.45) is 0 Å². The number of ketones is 1. The summed E-state index contributed by atoms with van der Waals surface area (Å²) in [5.74, 6) is 1.35. The Morgan fingerprint density at radius 2 is 1.69 bits per heavy atom. The third-order valence-corrected chi connectivity index (χ3v) is 7.09. The first-order chi connectivity index (χ1) is 14.0. The van der Waals surface area contributed by atoms with Crippen molar-refractivity contribution >= 4 is 15.8 Å². The van der Waals surface area contributed by atoms with Crippen molar-refractivity contribution in [3.63, 3.8) is 0 Å². The zero-order valence-corrected chi connectivity index (χ0v) is 16.9. The summed E-state index contributed by atoms with van der Waals surface area (Å²) >= 11 is 0. The molecule has 7 nitrogen and oxygen atoms in total. The summed E-state index contributed by atoms with van der Waals surface area (Å²) in [5.41, 5.74) is 1.48. The number of Topliss-reactive ketones (excluding diaryl/α,β-unsaturated/α-hetero) is 1. The summed E-state index contributed by atoms with van der Waals surface area (Å²) in [5, 5.41) is 3.12. The van der Waals surface area contributed by atoms with Gasteiger partial charge in [-0.25, -0.2) is 8.42 Å². The molecule has 1 saturated heterocycles. The molecule has 4 rings (SSSR count). The van der Waals surface area contributed by atoms with E-state index >= 15 is 0 Å². The van der Waals surface area contributed by atoms with Crippen LogP contribution in [-0.4, -0.2) is 44.9 Å². The van der Waals surface area contributed by atoms with E-state index in [1.807, 2.05) is 18.2 Å². The molecule has 2 aliphatic heterocycles. The van der Waals surface area contributed by atoms with E-state index in [2.05, 4.69) is 5.32 Å². The van der Waals surface area contributed by atoms with Crippen LogP contribution in [0.4, 0.5) is 0 Å². The van der Waals surface area contributed by atoms with Gasteiger partial charge in [0.1, 0.15) is 0 Å². The van der Waals surface area contributed by atoms with Gasteiger partial charge in [0.2, 0.25) is 16.8 Å². The first kappa shape index (κ1) is 19.9. The number of carbonyl (C=O) groups excluding carboxylic acids is 1. The molecule has 0 spiro atoms. The van der Waals surface area contributed by atoms with Crippen LogP contribution >= 0.6 is 0 Å². The molecule has 0 aromatic heterocycles. The number of carbonyl (C=O) groups is 1. The fraction of sp³-hybridized carbons (Fsp3) is 0.381. The van der Waals surface area contributed by atoms with Gasteiger partial charge in [-0.1, -0.05) is 24.6 Å². The molecule has 0 aliphatic carbocycles. The first-order valence-corrected chi connectivity index (χ1v) is 11.2. The standard InChI is InChI=1S/C21H24N2O5S/c24-19(14-22-13-16-4-9-20-21(12-16)28-15-27-20)17-5-7-18(8-6-17)29(25,26)23-10-2-1-3-11-23/h4-9,12,22H,1-3,10-11,13-15H2. The highest BCUT2D eigenvalue weighted by Gasteiger charge is 2.25. The molecule has 0 amide bonds. The fourth-order valence-electron chi connectivity index (χ4n) is 3.54. The van der Waals surface area contributed by atoms with E-state index in [1.165, 1.54) is 16.4 Å². The molecule has 2 aromatic carbocycles. The predicted molar refractivity (Wildman–Crippen MR) is 108 cm³/mol. The Hall–Kier alpha value is -2.42. The molecule has 0 atom stereocenters. The summed E-state index contributed by atoms with van der Waals surface area (Å²) in [4.78, 5) is 12.7. The molecule has 2 aliphatic rings. The molecule has 154 valence electrons. The van der Waals surface area contributed by atoms with Crippen LogP contribution in [0.2, 0.25) is 0 Å². The Labute approximate surface area is 170 Å². The van der Waals surface area contributed by atoms with Crippen molar-refractivity contribution in [3.05, 3.63) is 53.6 Å². The molecule has 0 unspecified atom stereocenters. The maximum atomic E-state index is 12.7. The van der Waals surface area contributed by atoms with Crippen LogP contribution in [0.15, 0.2) is 47.4 Å². The van der Waals surface area contributed by atoms with Crippen LogP contribution < -0.4 is 14.8 Å². The van der Waals surface area contributed by atoms with Gasteiger partial charge in [0.15, 0.2) is 17.3 Å². The van der Waals surface area contributed by atoms with Crippen LogP contribution in [-0.2, 0) is 16.6 Å². The smallest absolute Gasteiger partial charge is 0.243 e. The van der Waals surface area contributed by atoms with Gasteiger partial charge in [0, 0.05) is 25.2 Å². The van der Waals surface area contributed by atoms with Gasteiger partial charge in [-0.3, -0.25) is 4.79 Å². The van der Waals surface area contributed by atoms with E-state index in [9.17, 15) is 13.2 Å². The number of rotatable bonds is 7. The van der Waals surface area contributed by atoms with Gasteiger partial charge in [0.05, 0.1) is 11.4 Å². The number of hydrogen-bond acceptors (Lipinski definition) is 6. The number of sulfonamides is 1. The van der Waals surface area contributed by atoms with Gasteiger partial charge >= 0.3 is 0 Å².